The fraction of sp³-hybridized carbons (Fsp3) is 0.364. The maximum Gasteiger partial charge on any atom is 0.128 e. The van der Waals surface area contributed by atoms with Crippen molar-refractivity contribution in [3.63, 3.8) is 0 Å². The van der Waals surface area contributed by atoms with Gasteiger partial charge in [0.2, 0.25) is 0 Å². The van der Waals surface area contributed by atoms with Crippen molar-refractivity contribution in [3.8, 4) is 0 Å². The minimum absolute atomic E-state index is 0.892. The molecule has 1 aliphatic rings. The second-order valence-corrected chi connectivity index (χ2v) is 4.37. The SMILES string of the molecule is Cc1cc(C2=NCCN2)cc(C)c1Br. The minimum atomic E-state index is 0.892. The minimum Gasteiger partial charge on any atom is -0.368 e. The van der Waals surface area contributed by atoms with Crippen LogP contribution >= 0.6 is 15.9 Å². The number of hydrogen-bond acceptors (Lipinski definition) is 2. The molecule has 3 heteroatoms. The lowest BCUT2D eigenvalue weighted by Crippen LogP contribution is -2.19. The molecule has 74 valence electrons. The Kier molecular flexibility index (Phi) is 2.59. The summed E-state index contributed by atoms with van der Waals surface area (Å²) in [6.45, 7) is 6.07. The predicted octanol–water partition coefficient (Wildman–Crippen LogP) is 2.42. The van der Waals surface area contributed by atoms with E-state index in [1.807, 2.05) is 0 Å². The molecule has 0 atom stereocenters. The van der Waals surface area contributed by atoms with Crippen molar-refractivity contribution in [2.75, 3.05) is 13.1 Å². The molecule has 1 aliphatic heterocycles. The fourth-order valence-electron chi connectivity index (χ4n) is 1.67. The van der Waals surface area contributed by atoms with Gasteiger partial charge >= 0.3 is 0 Å². The Balaban J connectivity index is 2.45. The van der Waals surface area contributed by atoms with Crippen LogP contribution in [0.15, 0.2) is 21.6 Å². The van der Waals surface area contributed by atoms with Gasteiger partial charge < -0.3 is 5.32 Å². The van der Waals surface area contributed by atoms with Crippen molar-refractivity contribution in [2.24, 2.45) is 4.99 Å². The molecule has 1 aromatic carbocycles. The van der Waals surface area contributed by atoms with Gasteiger partial charge in [0, 0.05) is 16.6 Å². The van der Waals surface area contributed by atoms with Gasteiger partial charge in [-0.05, 0) is 37.1 Å². The van der Waals surface area contributed by atoms with Crippen molar-refractivity contribution < 1.29 is 0 Å². The normalized spacial score (nSPS) is 15.2. The van der Waals surface area contributed by atoms with Gasteiger partial charge in [-0.1, -0.05) is 15.9 Å². The van der Waals surface area contributed by atoms with Gasteiger partial charge in [0.15, 0.2) is 0 Å². The van der Waals surface area contributed by atoms with Crippen LogP contribution in [0.3, 0.4) is 0 Å². The Morgan fingerprint density at radius 1 is 1.29 bits per heavy atom. The summed E-state index contributed by atoms with van der Waals surface area (Å²) in [5.41, 5.74) is 3.72. The summed E-state index contributed by atoms with van der Waals surface area (Å²) in [5.74, 6) is 1.03. The molecule has 0 saturated heterocycles. The number of amidine groups is 1. The number of aryl methyl sites for hydroxylation is 2. The molecule has 2 nitrogen and oxygen atoms in total. The third kappa shape index (κ3) is 1.69. The van der Waals surface area contributed by atoms with Crippen LogP contribution in [0, 0.1) is 13.8 Å². The van der Waals surface area contributed by atoms with Gasteiger partial charge in [-0.25, -0.2) is 0 Å². The van der Waals surface area contributed by atoms with Crippen molar-refractivity contribution in [1.29, 1.82) is 0 Å². The smallest absolute Gasteiger partial charge is 0.128 e. The zero-order valence-electron chi connectivity index (χ0n) is 8.39. The van der Waals surface area contributed by atoms with E-state index in [1.165, 1.54) is 21.2 Å². The predicted molar refractivity (Wildman–Crippen MR) is 63.0 cm³/mol. The molecular formula is C11H13BrN2. The number of nitrogens with one attached hydrogen (secondary N) is 1. The molecule has 0 aliphatic carbocycles. The van der Waals surface area contributed by atoms with E-state index in [2.05, 4.69) is 52.2 Å². The summed E-state index contributed by atoms with van der Waals surface area (Å²) < 4.78 is 1.19. The summed E-state index contributed by atoms with van der Waals surface area (Å²) in [6, 6.07) is 4.32. The van der Waals surface area contributed by atoms with Gasteiger partial charge in [-0.3, -0.25) is 4.99 Å². The van der Waals surface area contributed by atoms with Crippen LogP contribution in [0.4, 0.5) is 0 Å². The molecule has 0 spiro atoms. The van der Waals surface area contributed by atoms with Crippen molar-refractivity contribution in [2.45, 2.75) is 13.8 Å². The van der Waals surface area contributed by atoms with Gasteiger partial charge in [0.1, 0.15) is 5.84 Å². The second-order valence-electron chi connectivity index (χ2n) is 3.58. The van der Waals surface area contributed by atoms with E-state index < -0.39 is 0 Å². The quantitative estimate of drug-likeness (QED) is 0.816. The molecule has 0 bridgehead atoms. The Hall–Kier alpha value is -0.830. The van der Waals surface area contributed by atoms with Gasteiger partial charge in [0.05, 0.1) is 6.54 Å². The number of aliphatic imine (C=N–C) groups is 1. The van der Waals surface area contributed by atoms with Crippen molar-refractivity contribution >= 4 is 21.8 Å². The first kappa shape index (κ1) is 9.71. The number of benzene rings is 1. The van der Waals surface area contributed by atoms with Crippen LogP contribution in [0.2, 0.25) is 0 Å². The molecular weight excluding hydrogens is 240 g/mol. The van der Waals surface area contributed by atoms with Crippen molar-refractivity contribution in [3.05, 3.63) is 33.3 Å². The highest BCUT2D eigenvalue weighted by Crippen LogP contribution is 2.22. The van der Waals surface area contributed by atoms with E-state index in [-0.39, 0.29) is 0 Å². The lowest BCUT2D eigenvalue weighted by atomic mass is 10.1. The molecule has 0 fully saturated rings. The summed E-state index contributed by atoms with van der Waals surface area (Å²) in [5, 5.41) is 3.28. The van der Waals surface area contributed by atoms with E-state index in [9.17, 15) is 0 Å². The molecule has 14 heavy (non-hydrogen) atoms. The molecule has 1 N–H and O–H groups in total. The molecule has 0 unspecified atom stereocenters. The van der Waals surface area contributed by atoms with E-state index >= 15 is 0 Å². The molecule has 1 aromatic rings. The number of hydrogen-bond donors (Lipinski definition) is 1. The standard InChI is InChI=1S/C11H13BrN2/c1-7-5-9(6-8(2)10(7)12)11-13-3-4-14-11/h5-6H,3-4H2,1-2H3,(H,13,14). The van der Waals surface area contributed by atoms with Crippen LogP contribution in [-0.4, -0.2) is 18.9 Å². The molecule has 0 aromatic heterocycles. The van der Waals surface area contributed by atoms with E-state index in [0.29, 0.717) is 0 Å². The summed E-state index contributed by atoms with van der Waals surface area (Å²) in [4.78, 5) is 4.41. The van der Waals surface area contributed by atoms with E-state index in [1.54, 1.807) is 0 Å². The zero-order chi connectivity index (χ0) is 10.1. The van der Waals surface area contributed by atoms with Gasteiger partial charge in [-0.15, -0.1) is 0 Å². The average molecular weight is 253 g/mol. The highest BCUT2D eigenvalue weighted by molar-refractivity contribution is 9.10. The number of nitrogens with zero attached hydrogens (tertiary/aromatic N) is 1. The largest absolute Gasteiger partial charge is 0.368 e. The average Bonchev–Trinajstić information content (AvgIpc) is 2.66. The van der Waals surface area contributed by atoms with Crippen LogP contribution < -0.4 is 5.32 Å². The summed E-state index contributed by atoms with van der Waals surface area (Å²) in [6.07, 6.45) is 0. The third-order valence-corrected chi connectivity index (χ3v) is 3.63. The summed E-state index contributed by atoms with van der Waals surface area (Å²) in [7, 11) is 0. The summed E-state index contributed by atoms with van der Waals surface area (Å²) >= 11 is 3.56. The van der Waals surface area contributed by atoms with Gasteiger partial charge in [0.25, 0.3) is 0 Å². The molecule has 0 saturated carbocycles. The first-order valence-electron chi connectivity index (χ1n) is 4.74. The Labute approximate surface area is 92.6 Å². The molecule has 0 radical (unpaired) electrons. The van der Waals surface area contributed by atoms with Gasteiger partial charge in [-0.2, -0.15) is 0 Å². The lowest BCUT2D eigenvalue weighted by molar-refractivity contribution is 0.960. The first-order chi connectivity index (χ1) is 6.68. The second kappa shape index (κ2) is 3.73. The Bertz CT molecular complexity index is 373. The monoisotopic (exact) mass is 252 g/mol. The maximum absolute atomic E-state index is 4.41. The molecule has 1 heterocycles. The molecule has 2 rings (SSSR count). The molecule has 0 amide bonds. The fourth-order valence-corrected chi connectivity index (χ4v) is 1.90. The zero-order valence-corrected chi connectivity index (χ0v) is 9.98. The van der Waals surface area contributed by atoms with Crippen LogP contribution in [-0.2, 0) is 0 Å². The lowest BCUT2D eigenvalue weighted by Gasteiger charge is -2.08. The van der Waals surface area contributed by atoms with Crippen LogP contribution in [0.5, 0.6) is 0 Å². The topological polar surface area (TPSA) is 24.4 Å². The highest BCUT2D eigenvalue weighted by atomic mass is 79.9. The maximum atomic E-state index is 4.41. The highest BCUT2D eigenvalue weighted by Gasteiger charge is 2.10. The number of rotatable bonds is 1. The van der Waals surface area contributed by atoms with Crippen LogP contribution in [0.1, 0.15) is 16.7 Å². The Morgan fingerprint density at radius 3 is 2.43 bits per heavy atom. The van der Waals surface area contributed by atoms with E-state index in [4.69, 9.17) is 0 Å². The van der Waals surface area contributed by atoms with Crippen LogP contribution in [0.25, 0.3) is 0 Å². The third-order valence-electron chi connectivity index (χ3n) is 2.38. The van der Waals surface area contributed by atoms with Crippen molar-refractivity contribution in [1.82, 2.24) is 5.32 Å². The number of halogens is 1. The van der Waals surface area contributed by atoms with E-state index in [0.717, 1.165) is 18.9 Å². The Morgan fingerprint density at radius 2 is 1.93 bits per heavy atom. The first-order valence-corrected chi connectivity index (χ1v) is 5.53.